The number of aliphatic hydroxyl groups is 3. The Labute approximate surface area is 86.3 Å². The summed E-state index contributed by atoms with van der Waals surface area (Å²) in [7, 11) is 0. The molecule has 4 N–H and O–H groups in total. The predicted molar refractivity (Wildman–Crippen MR) is 46.1 cm³/mol. The highest BCUT2D eigenvalue weighted by molar-refractivity contribution is 5.73. The van der Waals surface area contributed by atoms with Crippen LogP contribution >= 0.6 is 0 Å². The number of rotatable bonds is 2. The van der Waals surface area contributed by atoms with Gasteiger partial charge in [0, 0.05) is 6.92 Å². The smallest absolute Gasteiger partial charge is 0.217 e. The maximum absolute atomic E-state index is 11.3. The molecule has 1 saturated heterocycles. The van der Waals surface area contributed by atoms with Crippen molar-refractivity contribution in [3.05, 3.63) is 0 Å². The van der Waals surface area contributed by atoms with Crippen molar-refractivity contribution < 1.29 is 30.0 Å². The van der Waals surface area contributed by atoms with Crippen LogP contribution in [0.3, 0.4) is 0 Å². The molecule has 0 bridgehead atoms. The Kier molecular flexibility index (Phi) is 4.00. The lowest BCUT2D eigenvalue weighted by Gasteiger charge is -2.39. The molecule has 1 fully saturated rings. The first-order chi connectivity index (χ1) is 6.97. The molecule has 1 radical (unpaired) electrons. The number of amides is 1. The van der Waals surface area contributed by atoms with E-state index in [1.54, 1.807) is 0 Å². The highest BCUT2D eigenvalue weighted by Crippen LogP contribution is 2.19. The van der Waals surface area contributed by atoms with E-state index in [0.717, 1.165) is 0 Å². The van der Waals surface area contributed by atoms with E-state index in [1.165, 1.54) is 6.92 Å². The first-order valence-corrected chi connectivity index (χ1v) is 4.52. The summed E-state index contributed by atoms with van der Waals surface area (Å²) < 4.78 is 4.70. The van der Waals surface area contributed by atoms with E-state index in [4.69, 9.17) is 9.84 Å². The van der Waals surface area contributed by atoms with Gasteiger partial charge in [-0.05, 0) is 0 Å². The lowest BCUT2D eigenvalue weighted by molar-refractivity contribution is -0.272. The second-order valence-electron chi connectivity index (χ2n) is 3.43. The molecule has 87 valence electrons. The number of carbonyl (C=O) groups excluding carboxylic acids is 1. The van der Waals surface area contributed by atoms with E-state index in [9.17, 15) is 20.1 Å². The van der Waals surface area contributed by atoms with Gasteiger partial charge in [0.15, 0.2) is 0 Å². The third-order valence-corrected chi connectivity index (χ3v) is 2.25. The topological polar surface area (TPSA) is 119 Å². The third-order valence-electron chi connectivity index (χ3n) is 2.25. The molecule has 0 aromatic heterocycles. The molecule has 0 saturated carbocycles. The Hall–Kier alpha value is -0.730. The molecular weight excluding hydrogens is 206 g/mol. The van der Waals surface area contributed by atoms with Crippen molar-refractivity contribution in [2.24, 2.45) is 0 Å². The van der Waals surface area contributed by atoms with Gasteiger partial charge in [-0.1, -0.05) is 0 Å². The number of ether oxygens (including phenoxy) is 1. The van der Waals surface area contributed by atoms with Gasteiger partial charge in [0.2, 0.25) is 12.2 Å². The van der Waals surface area contributed by atoms with Crippen molar-refractivity contribution in [1.82, 2.24) is 5.32 Å². The molecule has 1 rings (SSSR count). The number of aliphatic hydroxyl groups excluding tert-OH is 3. The number of hydrogen-bond acceptors (Lipinski definition) is 5. The Bertz CT molecular complexity index is 235. The van der Waals surface area contributed by atoms with Gasteiger partial charge in [-0.25, -0.2) is 0 Å². The standard InChI is InChI=1S/C8H14NO6/c1-3(11)9-5-7(13)6(12)4(2-10)15-8(5)14/h4-8,10,12-13H,2H2,1H3,(H,9,11)/t4-,5-,6-,7-,8?/m1/s1. The zero-order chi connectivity index (χ0) is 11.6. The average molecular weight is 220 g/mol. The molecule has 15 heavy (non-hydrogen) atoms. The molecule has 7 heteroatoms. The fourth-order valence-corrected chi connectivity index (χ4v) is 1.47. The lowest BCUT2D eigenvalue weighted by atomic mass is 9.97. The Morgan fingerprint density at radius 1 is 1.40 bits per heavy atom. The molecule has 1 heterocycles. The van der Waals surface area contributed by atoms with Gasteiger partial charge >= 0.3 is 0 Å². The maximum atomic E-state index is 11.3. The van der Waals surface area contributed by atoms with Crippen molar-refractivity contribution in [3.8, 4) is 0 Å². The van der Waals surface area contributed by atoms with Crippen LogP contribution in [-0.4, -0.2) is 58.5 Å². The van der Waals surface area contributed by atoms with Gasteiger partial charge in [0.05, 0.1) is 6.61 Å². The molecule has 1 amide bonds. The van der Waals surface area contributed by atoms with Crippen LogP contribution in [-0.2, 0) is 14.6 Å². The van der Waals surface area contributed by atoms with Crippen molar-refractivity contribution in [1.29, 1.82) is 0 Å². The van der Waals surface area contributed by atoms with Crippen LogP contribution in [0.1, 0.15) is 6.92 Å². The molecule has 5 atom stereocenters. The molecule has 0 aliphatic carbocycles. The number of hydrogen-bond donors (Lipinski definition) is 4. The maximum Gasteiger partial charge on any atom is 0.217 e. The normalized spacial score (nSPS) is 41.3. The monoisotopic (exact) mass is 220 g/mol. The molecule has 0 aromatic carbocycles. The summed E-state index contributed by atoms with van der Waals surface area (Å²) >= 11 is 0. The first kappa shape index (κ1) is 12.3. The zero-order valence-corrected chi connectivity index (χ0v) is 8.16. The minimum atomic E-state index is -1.70. The first-order valence-electron chi connectivity index (χ1n) is 4.52. The van der Waals surface area contributed by atoms with Crippen LogP contribution in [0.15, 0.2) is 0 Å². The van der Waals surface area contributed by atoms with Gasteiger partial charge < -0.3 is 25.4 Å². The van der Waals surface area contributed by atoms with Crippen LogP contribution < -0.4 is 5.32 Å². The van der Waals surface area contributed by atoms with Crippen molar-refractivity contribution in [2.45, 2.75) is 37.6 Å². The van der Waals surface area contributed by atoms with Crippen LogP contribution in [0.25, 0.3) is 0 Å². The van der Waals surface area contributed by atoms with E-state index >= 15 is 0 Å². The van der Waals surface area contributed by atoms with E-state index in [0.29, 0.717) is 0 Å². The molecule has 1 aliphatic rings. The minimum absolute atomic E-state index is 0.502. The summed E-state index contributed by atoms with van der Waals surface area (Å²) in [5, 5.41) is 41.2. The SMILES string of the molecule is CC(=O)N[C@H]1C([O])O[C@H](CO)[C@@H](O)[C@@H]1O. The number of carbonyl (C=O) groups is 1. The van der Waals surface area contributed by atoms with E-state index < -0.39 is 43.2 Å². The van der Waals surface area contributed by atoms with Gasteiger partial charge in [-0.2, -0.15) is 5.11 Å². The molecule has 0 spiro atoms. The predicted octanol–water partition coefficient (Wildman–Crippen LogP) is -2.64. The summed E-state index contributed by atoms with van der Waals surface area (Å²) in [6.07, 6.45) is -5.66. The van der Waals surface area contributed by atoms with Crippen LogP contribution in [0, 0.1) is 0 Å². The van der Waals surface area contributed by atoms with Crippen LogP contribution in [0.4, 0.5) is 0 Å². The largest absolute Gasteiger partial charge is 0.394 e. The summed E-state index contributed by atoms with van der Waals surface area (Å²) in [6, 6.07) is -1.21. The quantitative estimate of drug-likeness (QED) is 0.405. The van der Waals surface area contributed by atoms with Crippen molar-refractivity contribution >= 4 is 5.91 Å². The zero-order valence-electron chi connectivity index (χ0n) is 8.16. The second-order valence-corrected chi connectivity index (χ2v) is 3.43. The average Bonchev–Trinajstić information content (AvgIpc) is 2.18. The van der Waals surface area contributed by atoms with Gasteiger partial charge in [0.1, 0.15) is 24.4 Å². The summed E-state index contributed by atoms with van der Waals surface area (Å²) in [5.74, 6) is -0.502. The van der Waals surface area contributed by atoms with Crippen molar-refractivity contribution in [3.63, 3.8) is 0 Å². The number of nitrogens with one attached hydrogen (secondary N) is 1. The van der Waals surface area contributed by atoms with Crippen molar-refractivity contribution in [2.75, 3.05) is 6.61 Å². The summed E-state index contributed by atoms with van der Waals surface area (Å²) in [5.41, 5.74) is 0. The van der Waals surface area contributed by atoms with E-state index in [-0.39, 0.29) is 0 Å². The van der Waals surface area contributed by atoms with Crippen LogP contribution in [0.2, 0.25) is 0 Å². The van der Waals surface area contributed by atoms with E-state index in [2.05, 4.69) is 5.32 Å². The Morgan fingerprint density at radius 3 is 2.47 bits per heavy atom. The van der Waals surface area contributed by atoms with Crippen LogP contribution in [0.5, 0.6) is 0 Å². The molecule has 7 nitrogen and oxygen atoms in total. The summed E-state index contributed by atoms with van der Waals surface area (Å²) in [4.78, 5) is 10.7. The Morgan fingerprint density at radius 2 is 2.00 bits per heavy atom. The minimum Gasteiger partial charge on any atom is -0.394 e. The highest BCUT2D eigenvalue weighted by Gasteiger charge is 2.44. The van der Waals surface area contributed by atoms with E-state index in [1.807, 2.05) is 0 Å². The molecular formula is C8H14NO6. The molecule has 1 unspecified atom stereocenters. The van der Waals surface area contributed by atoms with Gasteiger partial charge in [-0.15, -0.1) is 0 Å². The van der Waals surface area contributed by atoms with Gasteiger partial charge in [-0.3, -0.25) is 4.79 Å². The fourth-order valence-electron chi connectivity index (χ4n) is 1.47. The Balaban J connectivity index is 2.70. The molecule has 0 aromatic rings. The molecule has 1 aliphatic heterocycles. The van der Waals surface area contributed by atoms with Gasteiger partial charge in [0.25, 0.3) is 0 Å². The second kappa shape index (κ2) is 4.86. The lowest BCUT2D eigenvalue weighted by Crippen LogP contribution is -2.63. The summed E-state index contributed by atoms with van der Waals surface area (Å²) in [6.45, 7) is 0.619. The third kappa shape index (κ3) is 2.64. The fraction of sp³-hybridized carbons (Fsp3) is 0.875. The highest BCUT2D eigenvalue weighted by atomic mass is 16.6.